The van der Waals surface area contributed by atoms with Gasteiger partial charge in [0.1, 0.15) is 6.10 Å². The number of anilines is 1. The fourth-order valence-corrected chi connectivity index (χ4v) is 2.92. The van der Waals surface area contributed by atoms with Gasteiger partial charge in [-0.25, -0.2) is 4.79 Å². The lowest BCUT2D eigenvalue weighted by atomic mass is 9.92. The van der Waals surface area contributed by atoms with Crippen molar-refractivity contribution in [3.63, 3.8) is 0 Å². The van der Waals surface area contributed by atoms with Crippen LogP contribution in [-0.2, 0) is 4.74 Å². The molecular weight excluding hydrogens is 252 g/mol. The maximum absolute atomic E-state index is 12.1. The highest BCUT2D eigenvalue weighted by atomic mass is 16.6. The van der Waals surface area contributed by atoms with Gasteiger partial charge in [-0.15, -0.1) is 0 Å². The van der Waals surface area contributed by atoms with Crippen LogP contribution in [0.3, 0.4) is 0 Å². The van der Waals surface area contributed by atoms with E-state index in [1.807, 2.05) is 7.05 Å². The Labute approximate surface area is 121 Å². The van der Waals surface area contributed by atoms with Gasteiger partial charge in [-0.05, 0) is 69.5 Å². The molecule has 1 aromatic rings. The van der Waals surface area contributed by atoms with E-state index in [2.05, 4.69) is 39.9 Å². The van der Waals surface area contributed by atoms with Gasteiger partial charge in [-0.2, -0.15) is 0 Å². The van der Waals surface area contributed by atoms with Crippen LogP contribution in [0.5, 0.6) is 0 Å². The quantitative estimate of drug-likeness (QED) is 0.923. The van der Waals surface area contributed by atoms with E-state index in [0.717, 1.165) is 5.69 Å². The Morgan fingerprint density at radius 3 is 2.05 bits per heavy atom. The van der Waals surface area contributed by atoms with Crippen molar-refractivity contribution in [3.8, 4) is 0 Å². The number of likely N-dealkylation sites (N-methyl/N-ethyl adjacent to an activating group) is 1. The van der Waals surface area contributed by atoms with Gasteiger partial charge in [-0.1, -0.05) is 0 Å². The fraction of sp³-hybridized carbons (Fsp3) is 0.562. The van der Waals surface area contributed by atoms with Crippen molar-refractivity contribution < 1.29 is 9.53 Å². The Hall–Kier alpha value is -1.55. The summed E-state index contributed by atoms with van der Waals surface area (Å²) in [7, 11) is 1.87. The molecule has 1 aliphatic rings. The third kappa shape index (κ3) is 2.29. The van der Waals surface area contributed by atoms with Gasteiger partial charge in [0.2, 0.25) is 0 Å². The van der Waals surface area contributed by atoms with Crippen LogP contribution < -0.4 is 10.2 Å². The second-order valence-electron chi connectivity index (χ2n) is 5.65. The fourth-order valence-electron chi connectivity index (χ4n) is 2.92. The molecule has 0 aliphatic carbocycles. The van der Waals surface area contributed by atoms with Crippen molar-refractivity contribution in [3.05, 3.63) is 27.8 Å². The number of ether oxygens (including phenoxy) is 1. The van der Waals surface area contributed by atoms with Gasteiger partial charge in [-0.3, -0.25) is 4.90 Å². The third-order valence-corrected chi connectivity index (χ3v) is 4.54. The number of nitrogens with one attached hydrogen (secondary N) is 1. The summed E-state index contributed by atoms with van der Waals surface area (Å²) in [6.45, 7) is 11.8. The Balaban J connectivity index is 2.46. The van der Waals surface area contributed by atoms with Crippen molar-refractivity contribution in [1.82, 2.24) is 5.32 Å². The molecule has 0 saturated carbocycles. The molecule has 1 atom stereocenters. The van der Waals surface area contributed by atoms with Crippen molar-refractivity contribution in [2.24, 2.45) is 0 Å². The first-order valence-electron chi connectivity index (χ1n) is 7.08. The Morgan fingerprint density at radius 1 is 1.05 bits per heavy atom. The predicted molar refractivity (Wildman–Crippen MR) is 81.7 cm³/mol. The van der Waals surface area contributed by atoms with E-state index < -0.39 is 0 Å². The Bertz CT molecular complexity index is 523. The molecule has 0 radical (unpaired) electrons. The second-order valence-corrected chi connectivity index (χ2v) is 5.65. The molecule has 1 heterocycles. The zero-order chi connectivity index (χ0) is 15.0. The first kappa shape index (κ1) is 14.9. The summed E-state index contributed by atoms with van der Waals surface area (Å²) in [6.07, 6.45) is -0.313. The molecule has 1 aromatic carbocycles. The van der Waals surface area contributed by atoms with E-state index in [1.54, 1.807) is 4.90 Å². The number of carbonyl (C=O) groups excluding carboxylic acids is 1. The maximum Gasteiger partial charge on any atom is 0.414 e. The average Bonchev–Trinajstić information content (AvgIpc) is 2.76. The maximum atomic E-state index is 12.1. The zero-order valence-electron chi connectivity index (χ0n) is 13.3. The van der Waals surface area contributed by atoms with Crippen LogP contribution in [0.25, 0.3) is 0 Å². The van der Waals surface area contributed by atoms with Gasteiger partial charge < -0.3 is 10.1 Å². The number of hydrogen-bond donors (Lipinski definition) is 1. The predicted octanol–water partition coefficient (Wildman–Crippen LogP) is 2.77. The highest BCUT2D eigenvalue weighted by molar-refractivity contribution is 5.92. The van der Waals surface area contributed by atoms with Gasteiger partial charge >= 0.3 is 6.09 Å². The minimum absolute atomic E-state index is 0.0757. The molecule has 0 aromatic heterocycles. The molecule has 20 heavy (non-hydrogen) atoms. The second kappa shape index (κ2) is 5.44. The largest absolute Gasteiger partial charge is 0.443 e. The average molecular weight is 276 g/mol. The normalized spacial score (nSPS) is 18.6. The molecule has 4 heteroatoms. The summed E-state index contributed by atoms with van der Waals surface area (Å²) in [5, 5.41) is 3.06. The van der Waals surface area contributed by atoms with Crippen LogP contribution in [-0.4, -0.2) is 32.3 Å². The summed E-state index contributed by atoms with van der Waals surface area (Å²) in [4.78, 5) is 13.9. The first-order valence-corrected chi connectivity index (χ1v) is 7.08. The SMILES string of the molecule is CNC[C@H]1CN(c2c(C)c(C)c(C)c(C)c2C)C(=O)O1. The number of rotatable bonds is 3. The third-order valence-electron chi connectivity index (χ3n) is 4.54. The molecule has 4 nitrogen and oxygen atoms in total. The molecule has 2 rings (SSSR count). The lowest BCUT2D eigenvalue weighted by Gasteiger charge is -2.23. The number of hydrogen-bond acceptors (Lipinski definition) is 3. The zero-order valence-corrected chi connectivity index (χ0v) is 13.3. The molecule has 1 aliphatic heterocycles. The topological polar surface area (TPSA) is 41.6 Å². The van der Waals surface area contributed by atoms with E-state index in [1.165, 1.54) is 27.8 Å². The van der Waals surface area contributed by atoms with Crippen molar-refractivity contribution in [2.45, 2.75) is 40.7 Å². The summed E-state index contributed by atoms with van der Waals surface area (Å²) in [6, 6.07) is 0. The molecule has 1 saturated heterocycles. The van der Waals surface area contributed by atoms with E-state index in [4.69, 9.17) is 4.74 Å². The highest BCUT2D eigenvalue weighted by Crippen LogP contribution is 2.35. The van der Waals surface area contributed by atoms with E-state index in [0.29, 0.717) is 13.1 Å². The Kier molecular flexibility index (Phi) is 4.04. The van der Waals surface area contributed by atoms with Crippen LogP contribution in [0.15, 0.2) is 0 Å². The molecule has 1 N–H and O–H groups in total. The van der Waals surface area contributed by atoms with E-state index in [9.17, 15) is 4.79 Å². The summed E-state index contributed by atoms with van der Waals surface area (Å²) < 4.78 is 5.41. The van der Waals surface area contributed by atoms with Crippen LogP contribution in [0.2, 0.25) is 0 Å². The van der Waals surface area contributed by atoms with Crippen LogP contribution in [0, 0.1) is 34.6 Å². The van der Waals surface area contributed by atoms with E-state index >= 15 is 0 Å². The highest BCUT2D eigenvalue weighted by Gasteiger charge is 2.34. The van der Waals surface area contributed by atoms with Crippen LogP contribution in [0.4, 0.5) is 10.5 Å². The lowest BCUT2D eigenvalue weighted by Crippen LogP contribution is -2.30. The Morgan fingerprint density at radius 2 is 1.55 bits per heavy atom. The number of benzene rings is 1. The van der Waals surface area contributed by atoms with Crippen LogP contribution >= 0.6 is 0 Å². The van der Waals surface area contributed by atoms with Crippen molar-refractivity contribution >= 4 is 11.8 Å². The van der Waals surface area contributed by atoms with Crippen molar-refractivity contribution in [1.29, 1.82) is 0 Å². The van der Waals surface area contributed by atoms with Crippen LogP contribution in [0.1, 0.15) is 27.8 Å². The van der Waals surface area contributed by atoms with Gasteiger partial charge in [0.25, 0.3) is 0 Å². The van der Waals surface area contributed by atoms with Gasteiger partial charge in [0, 0.05) is 6.54 Å². The molecule has 1 fully saturated rings. The first-order chi connectivity index (χ1) is 9.38. The monoisotopic (exact) mass is 276 g/mol. The molecule has 0 spiro atoms. The van der Waals surface area contributed by atoms with Gasteiger partial charge in [0.05, 0.1) is 12.2 Å². The molecule has 110 valence electrons. The van der Waals surface area contributed by atoms with Gasteiger partial charge in [0.15, 0.2) is 0 Å². The standard InChI is InChI=1S/C16H24N2O2/c1-9-10(2)12(4)15(13(5)11(9)3)18-8-14(7-17-6)20-16(18)19/h14,17H,7-8H2,1-6H3/t14-/m0/s1. The minimum atomic E-state index is -0.237. The summed E-state index contributed by atoms with van der Waals surface area (Å²) >= 11 is 0. The lowest BCUT2D eigenvalue weighted by molar-refractivity contribution is 0.141. The molecule has 0 unspecified atom stereocenters. The van der Waals surface area contributed by atoms with E-state index in [-0.39, 0.29) is 12.2 Å². The summed E-state index contributed by atoms with van der Waals surface area (Å²) in [5.41, 5.74) is 7.19. The molecule has 1 amide bonds. The van der Waals surface area contributed by atoms with Crippen molar-refractivity contribution in [2.75, 3.05) is 25.0 Å². The minimum Gasteiger partial charge on any atom is -0.443 e. The number of nitrogens with zero attached hydrogens (tertiary/aromatic N) is 1. The summed E-state index contributed by atoms with van der Waals surface area (Å²) in [5.74, 6) is 0. The smallest absolute Gasteiger partial charge is 0.414 e. The molecular formula is C16H24N2O2. The number of amides is 1. The molecule has 0 bridgehead atoms. The number of carbonyl (C=O) groups is 1. The number of cyclic esters (lactones) is 1.